The molecule has 0 aliphatic rings. The number of rotatable bonds is 8. The van der Waals surface area contributed by atoms with E-state index in [1.54, 1.807) is 43.5 Å². The first-order valence-corrected chi connectivity index (χ1v) is 11.4. The third kappa shape index (κ3) is 5.91. The lowest BCUT2D eigenvalue weighted by Crippen LogP contribution is -2.45. The largest absolute Gasteiger partial charge is 0.497 e. The highest BCUT2D eigenvalue weighted by Gasteiger charge is 2.26. The van der Waals surface area contributed by atoms with Gasteiger partial charge in [-0.25, -0.2) is 8.42 Å². The quantitative estimate of drug-likeness (QED) is 0.502. The minimum absolute atomic E-state index is 0.0843. The second kappa shape index (κ2) is 9.88. The molecule has 8 heteroatoms. The fraction of sp³-hybridized carbons (Fsp3) is 0.136. The average molecular weight is 489 g/mol. The van der Waals surface area contributed by atoms with Crippen molar-refractivity contribution in [2.75, 3.05) is 12.4 Å². The lowest BCUT2D eigenvalue weighted by atomic mass is 10.1. The number of amides is 1. The molecule has 3 aromatic rings. The number of anilines is 1. The number of benzene rings is 3. The van der Waals surface area contributed by atoms with Gasteiger partial charge in [-0.05, 0) is 60.5 Å². The molecule has 2 N–H and O–H groups in total. The number of hydrogen-bond donors (Lipinski definition) is 2. The average Bonchev–Trinajstić information content (AvgIpc) is 2.74. The van der Waals surface area contributed by atoms with Gasteiger partial charge in [-0.3, -0.25) is 4.79 Å². The zero-order valence-corrected chi connectivity index (χ0v) is 18.6. The Morgan fingerprint density at radius 1 is 0.967 bits per heavy atom. The summed E-state index contributed by atoms with van der Waals surface area (Å²) in [5.74, 6) is 0.203. The van der Waals surface area contributed by atoms with E-state index >= 15 is 0 Å². The maximum atomic E-state index is 13.0. The molecule has 3 aromatic carbocycles. The van der Waals surface area contributed by atoms with E-state index in [0.29, 0.717) is 11.4 Å². The Balaban J connectivity index is 1.83. The van der Waals surface area contributed by atoms with Gasteiger partial charge in [-0.2, -0.15) is 4.72 Å². The topological polar surface area (TPSA) is 84.5 Å². The van der Waals surface area contributed by atoms with Gasteiger partial charge >= 0.3 is 0 Å². The summed E-state index contributed by atoms with van der Waals surface area (Å²) in [5.41, 5.74) is 1.38. The van der Waals surface area contributed by atoms with Gasteiger partial charge in [0.15, 0.2) is 0 Å². The van der Waals surface area contributed by atoms with Crippen molar-refractivity contribution in [3.8, 4) is 5.75 Å². The molecule has 156 valence electrons. The van der Waals surface area contributed by atoms with E-state index in [-0.39, 0.29) is 11.3 Å². The fourth-order valence-corrected chi connectivity index (χ4v) is 4.27. The van der Waals surface area contributed by atoms with Crippen LogP contribution in [0.25, 0.3) is 0 Å². The summed E-state index contributed by atoms with van der Waals surface area (Å²) in [7, 11) is -2.34. The van der Waals surface area contributed by atoms with Crippen molar-refractivity contribution in [1.82, 2.24) is 4.72 Å². The second-order valence-electron chi connectivity index (χ2n) is 6.54. The Morgan fingerprint density at radius 2 is 1.60 bits per heavy atom. The van der Waals surface area contributed by atoms with Crippen LogP contribution in [0.4, 0.5) is 5.69 Å². The van der Waals surface area contributed by atoms with E-state index < -0.39 is 22.0 Å². The van der Waals surface area contributed by atoms with E-state index in [9.17, 15) is 13.2 Å². The first kappa shape index (κ1) is 22.0. The van der Waals surface area contributed by atoms with Crippen LogP contribution in [0.15, 0.2) is 88.2 Å². The lowest BCUT2D eigenvalue weighted by Gasteiger charge is -2.19. The summed E-state index contributed by atoms with van der Waals surface area (Å²) in [6.45, 7) is 0. The molecule has 1 atom stereocenters. The Morgan fingerprint density at radius 3 is 2.20 bits per heavy atom. The number of sulfonamides is 1. The molecule has 30 heavy (non-hydrogen) atoms. The molecule has 0 saturated carbocycles. The Kier molecular flexibility index (Phi) is 7.25. The van der Waals surface area contributed by atoms with Gasteiger partial charge in [0.1, 0.15) is 11.8 Å². The number of nitrogens with one attached hydrogen (secondary N) is 2. The number of methoxy groups -OCH3 is 1. The number of hydrogen-bond acceptors (Lipinski definition) is 4. The zero-order chi connectivity index (χ0) is 21.6. The minimum atomic E-state index is -3.90. The summed E-state index contributed by atoms with van der Waals surface area (Å²) in [6.07, 6.45) is 0.207. The molecule has 0 radical (unpaired) electrons. The van der Waals surface area contributed by atoms with E-state index in [0.717, 1.165) is 10.0 Å². The number of carbonyl (C=O) groups excluding carboxylic acids is 1. The van der Waals surface area contributed by atoms with Crippen LogP contribution in [0.3, 0.4) is 0 Å². The highest BCUT2D eigenvalue weighted by Crippen LogP contribution is 2.18. The molecule has 0 saturated heterocycles. The van der Waals surface area contributed by atoms with Crippen molar-refractivity contribution in [1.29, 1.82) is 0 Å². The monoisotopic (exact) mass is 488 g/mol. The molecule has 1 unspecified atom stereocenters. The summed E-state index contributed by atoms with van der Waals surface area (Å²) in [4.78, 5) is 13.0. The van der Waals surface area contributed by atoms with Crippen LogP contribution in [0, 0.1) is 0 Å². The van der Waals surface area contributed by atoms with Crippen LogP contribution in [0.2, 0.25) is 0 Å². The SMILES string of the molecule is COc1ccc(NC(=O)C(Cc2ccccc2)NS(=O)(=O)c2ccc(Br)cc2)cc1. The third-order valence-electron chi connectivity index (χ3n) is 4.38. The van der Waals surface area contributed by atoms with Crippen molar-refractivity contribution in [2.24, 2.45) is 0 Å². The molecule has 0 aromatic heterocycles. The summed E-state index contributed by atoms with van der Waals surface area (Å²) >= 11 is 3.29. The van der Waals surface area contributed by atoms with Crippen molar-refractivity contribution in [3.63, 3.8) is 0 Å². The molecule has 1 amide bonds. The van der Waals surface area contributed by atoms with Crippen molar-refractivity contribution in [2.45, 2.75) is 17.4 Å². The van der Waals surface area contributed by atoms with E-state index in [4.69, 9.17) is 4.74 Å². The predicted octanol–water partition coefficient (Wildman–Crippen LogP) is 3.99. The van der Waals surface area contributed by atoms with Crippen LogP contribution in [0.5, 0.6) is 5.75 Å². The summed E-state index contributed by atoms with van der Waals surface area (Å²) < 4.78 is 34.1. The third-order valence-corrected chi connectivity index (χ3v) is 6.39. The lowest BCUT2D eigenvalue weighted by molar-refractivity contribution is -0.117. The molecule has 0 aliphatic heterocycles. The molecule has 0 heterocycles. The number of carbonyl (C=O) groups is 1. The minimum Gasteiger partial charge on any atom is -0.497 e. The van der Waals surface area contributed by atoms with Crippen LogP contribution in [-0.4, -0.2) is 27.5 Å². The standard InChI is InChI=1S/C22H21BrN2O4S/c1-29-19-11-9-18(10-12-19)24-22(26)21(15-16-5-3-2-4-6-16)25-30(27,28)20-13-7-17(23)8-14-20/h2-14,21,25H,15H2,1H3,(H,24,26). The molecular weight excluding hydrogens is 468 g/mol. The molecule has 0 aliphatic carbocycles. The molecular formula is C22H21BrN2O4S. The molecule has 0 bridgehead atoms. The van der Waals surface area contributed by atoms with Gasteiger partial charge in [-0.1, -0.05) is 46.3 Å². The van der Waals surface area contributed by atoms with E-state index in [2.05, 4.69) is 26.0 Å². The van der Waals surface area contributed by atoms with E-state index in [1.807, 2.05) is 30.3 Å². The normalized spacial score (nSPS) is 12.2. The van der Waals surface area contributed by atoms with Gasteiger partial charge in [0.25, 0.3) is 0 Å². The van der Waals surface area contributed by atoms with Crippen molar-refractivity contribution >= 4 is 37.5 Å². The van der Waals surface area contributed by atoms with Gasteiger partial charge < -0.3 is 10.1 Å². The molecule has 0 fully saturated rings. The van der Waals surface area contributed by atoms with Gasteiger partial charge in [0, 0.05) is 10.2 Å². The van der Waals surface area contributed by atoms with Gasteiger partial charge in [0.05, 0.1) is 12.0 Å². The Labute approximate surface area is 184 Å². The number of ether oxygens (including phenoxy) is 1. The Bertz CT molecular complexity index is 1090. The maximum absolute atomic E-state index is 13.0. The maximum Gasteiger partial charge on any atom is 0.242 e. The molecule has 6 nitrogen and oxygen atoms in total. The first-order valence-electron chi connectivity index (χ1n) is 9.14. The van der Waals surface area contributed by atoms with Crippen LogP contribution in [-0.2, 0) is 21.2 Å². The predicted molar refractivity (Wildman–Crippen MR) is 120 cm³/mol. The van der Waals surface area contributed by atoms with Crippen molar-refractivity contribution < 1.29 is 17.9 Å². The van der Waals surface area contributed by atoms with Crippen LogP contribution in [0.1, 0.15) is 5.56 Å². The molecule has 3 rings (SSSR count). The fourth-order valence-electron chi connectivity index (χ4n) is 2.81. The smallest absolute Gasteiger partial charge is 0.242 e. The highest BCUT2D eigenvalue weighted by atomic mass is 79.9. The highest BCUT2D eigenvalue weighted by molar-refractivity contribution is 9.10. The summed E-state index contributed by atoms with van der Waals surface area (Å²) in [5, 5.41) is 2.77. The van der Waals surface area contributed by atoms with Crippen LogP contribution >= 0.6 is 15.9 Å². The Hall–Kier alpha value is -2.68. The first-order chi connectivity index (χ1) is 14.4. The number of halogens is 1. The summed E-state index contributed by atoms with van der Waals surface area (Å²) in [6, 6.07) is 21.3. The van der Waals surface area contributed by atoms with Crippen LogP contribution < -0.4 is 14.8 Å². The van der Waals surface area contributed by atoms with Gasteiger partial charge in [0.2, 0.25) is 15.9 Å². The zero-order valence-electron chi connectivity index (χ0n) is 16.2. The van der Waals surface area contributed by atoms with Crippen molar-refractivity contribution in [3.05, 3.63) is 88.9 Å². The van der Waals surface area contributed by atoms with E-state index in [1.165, 1.54) is 12.1 Å². The van der Waals surface area contributed by atoms with Gasteiger partial charge in [-0.15, -0.1) is 0 Å². The molecule has 0 spiro atoms. The second-order valence-corrected chi connectivity index (χ2v) is 9.16.